The first-order valence-electron chi connectivity index (χ1n) is 10.3. The molecule has 1 spiro atoms. The van der Waals surface area contributed by atoms with E-state index in [4.69, 9.17) is 18.9 Å². The molecule has 0 atom stereocenters. The molecule has 0 unspecified atom stereocenters. The van der Waals surface area contributed by atoms with E-state index in [0.717, 1.165) is 32.1 Å². The average Bonchev–Trinajstić information content (AvgIpc) is 3.10. The van der Waals surface area contributed by atoms with Crippen molar-refractivity contribution in [1.82, 2.24) is 0 Å². The van der Waals surface area contributed by atoms with Gasteiger partial charge in [0.2, 0.25) is 0 Å². The zero-order valence-electron chi connectivity index (χ0n) is 17.4. The van der Waals surface area contributed by atoms with E-state index in [9.17, 15) is 14.9 Å². The molecule has 0 saturated heterocycles. The van der Waals surface area contributed by atoms with Crippen LogP contribution in [0.5, 0.6) is 23.0 Å². The second-order valence-corrected chi connectivity index (χ2v) is 7.50. The summed E-state index contributed by atoms with van der Waals surface area (Å²) in [6, 6.07) is 7.60. The second-order valence-electron chi connectivity index (χ2n) is 7.50. The van der Waals surface area contributed by atoms with Crippen LogP contribution < -0.4 is 24.3 Å². The van der Waals surface area contributed by atoms with Gasteiger partial charge in [-0.2, -0.15) is 0 Å². The van der Waals surface area contributed by atoms with Gasteiger partial charge < -0.3 is 24.3 Å². The number of nitrogens with one attached hydrogen (secondary N) is 1. The first-order valence-corrected chi connectivity index (χ1v) is 10.3. The molecule has 2 aliphatic rings. The monoisotopic (exact) mass is 428 g/mol. The first-order chi connectivity index (χ1) is 14.9. The van der Waals surface area contributed by atoms with Gasteiger partial charge in [-0.3, -0.25) is 14.9 Å². The summed E-state index contributed by atoms with van der Waals surface area (Å²) >= 11 is 0. The number of amides is 1. The number of hydrogen-bond acceptors (Lipinski definition) is 7. The Labute approximate surface area is 179 Å². The summed E-state index contributed by atoms with van der Waals surface area (Å²) in [5.41, 5.74) is -0.0568. The highest BCUT2D eigenvalue weighted by Gasteiger charge is 2.42. The average molecular weight is 428 g/mol. The fraction of sp³-hybridized carbons (Fsp3) is 0.409. The van der Waals surface area contributed by atoms with E-state index in [0.29, 0.717) is 23.8 Å². The van der Waals surface area contributed by atoms with Crippen LogP contribution >= 0.6 is 0 Å². The number of carbonyl (C=O) groups excluding carboxylic acids is 1. The normalized spacial score (nSPS) is 16.1. The minimum Gasteiger partial charge on any atom is -0.493 e. The van der Waals surface area contributed by atoms with Crippen molar-refractivity contribution in [3.8, 4) is 23.0 Å². The van der Waals surface area contributed by atoms with Crippen molar-refractivity contribution in [1.29, 1.82) is 0 Å². The van der Waals surface area contributed by atoms with Gasteiger partial charge in [0, 0.05) is 30.7 Å². The minimum absolute atomic E-state index is 0.129. The predicted octanol–water partition coefficient (Wildman–Crippen LogP) is 4.69. The largest absolute Gasteiger partial charge is 0.493 e. The molecule has 164 valence electrons. The number of benzene rings is 2. The number of rotatable bonds is 6. The molecule has 0 bridgehead atoms. The number of carbonyl (C=O) groups is 1. The number of hydrogen-bond donors (Lipinski definition) is 1. The molecule has 4 rings (SSSR count). The Balaban J connectivity index is 1.59. The first kappa shape index (κ1) is 20.8. The number of nitro groups is 1. The number of anilines is 1. The van der Waals surface area contributed by atoms with E-state index in [2.05, 4.69) is 5.32 Å². The molecule has 1 amide bonds. The van der Waals surface area contributed by atoms with Crippen molar-refractivity contribution >= 4 is 17.3 Å². The van der Waals surface area contributed by atoms with Gasteiger partial charge in [0.05, 0.1) is 24.7 Å². The maximum atomic E-state index is 12.9. The lowest BCUT2D eigenvalue weighted by Crippen LogP contribution is -2.40. The molecule has 1 aliphatic heterocycles. The summed E-state index contributed by atoms with van der Waals surface area (Å²) in [5.74, 6) is 0.371. The number of nitrogens with zero attached hydrogens (tertiary/aromatic N) is 1. The highest BCUT2D eigenvalue weighted by atomic mass is 16.7. The predicted molar refractivity (Wildman–Crippen MR) is 112 cm³/mol. The van der Waals surface area contributed by atoms with E-state index in [1.165, 1.54) is 19.2 Å². The Bertz CT molecular complexity index is 1020. The van der Waals surface area contributed by atoms with Crippen LogP contribution in [-0.4, -0.2) is 30.3 Å². The third-order valence-electron chi connectivity index (χ3n) is 5.43. The van der Waals surface area contributed by atoms with Gasteiger partial charge in [-0.1, -0.05) is 6.42 Å². The third-order valence-corrected chi connectivity index (χ3v) is 5.43. The zero-order valence-corrected chi connectivity index (χ0v) is 17.4. The summed E-state index contributed by atoms with van der Waals surface area (Å²) in [6.07, 6.45) is 4.89. The number of fused-ring (bicyclic) bond motifs is 1. The highest BCUT2D eigenvalue weighted by Crippen LogP contribution is 2.46. The maximum absolute atomic E-state index is 12.9. The Morgan fingerprint density at radius 3 is 2.55 bits per heavy atom. The van der Waals surface area contributed by atoms with Gasteiger partial charge >= 0.3 is 0 Å². The second kappa shape index (κ2) is 8.33. The van der Waals surface area contributed by atoms with E-state index < -0.39 is 16.6 Å². The van der Waals surface area contributed by atoms with E-state index in [1.807, 2.05) is 0 Å². The van der Waals surface area contributed by atoms with Crippen LogP contribution in [0.15, 0.2) is 30.3 Å². The van der Waals surface area contributed by atoms with Crippen molar-refractivity contribution in [3.63, 3.8) is 0 Å². The highest BCUT2D eigenvalue weighted by molar-refractivity contribution is 6.07. The molecule has 9 nitrogen and oxygen atoms in total. The Hall–Kier alpha value is -3.49. The van der Waals surface area contributed by atoms with Crippen LogP contribution in [0.2, 0.25) is 0 Å². The van der Waals surface area contributed by atoms with Gasteiger partial charge in [-0.15, -0.1) is 0 Å². The SMILES string of the molecule is CCOc1cc(C(=O)Nc2ccc3c(c2)OC2(CCCCC2)O3)c([N+](=O)[O-])cc1OC. The molecule has 1 heterocycles. The molecule has 31 heavy (non-hydrogen) atoms. The van der Waals surface area contributed by atoms with Gasteiger partial charge in [-0.25, -0.2) is 0 Å². The summed E-state index contributed by atoms with van der Waals surface area (Å²) < 4.78 is 22.8. The molecule has 9 heteroatoms. The van der Waals surface area contributed by atoms with Crippen LogP contribution in [0.25, 0.3) is 0 Å². The van der Waals surface area contributed by atoms with Crippen molar-refractivity contribution < 1.29 is 28.7 Å². The van der Waals surface area contributed by atoms with Crippen molar-refractivity contribution in [2.24, 2.45) is 0 Å². The van der Waals surface area contributed by atoms with E-state index in [-0.39, 0.29) is 22.7 Å². The standard InChI is InChI=1S/C22H24N2O7/c1-3-29-19-12-15(16(24(26)27)13-18(19)28-2)21(25)23-14-7-8-17-20(11-14)31-22(30-17)9-5-4-6-10-22/h7-8,11-13H,3-6,9-10H2,1-2H3,(H,23,25). The Morgan fingerprint density at radius 2 is 1.87 bits per heavy atom. The Kier molecular flexibility index (Phi) is 5.58. The molecular formula is C22H24N2O7. The van der Waals surface area contributed by atoms with Crippen molar-refractivity contribution in [3.05, 3.63) is 46.0 Å². The quantitative estimate of drug-likeness (QED) is 0.525. The smallest absolute Gasteiger partial charge is 0.286 e. The van der Waals surface area contributed by atoms with Crippen molar-refractivity contribution in [2.45, 2.75) is 44.8 Å². The summed E-state index contributed by atoms with van der Waals surface area (Å²) in [7, 11) is 1.38. The lowest BCUT2D eigenvalue weighted by atomic mass is 9.94. The van der Waals surface area contributed by atoms with Gasteiger partial charge in [-0.05, 0) is 31.9 Å². The number of nitro benzene ring substituents is 1. The lowest BCUT2D eigenvalue weighted by molar-refractivity contribution is -0.385. The number of ether oxygens (including phenoxy) is 4. The molecule has 1 N–H and O–H groups in total. The molecule has 1 fully saturated rings. The van der Waals surface area contributed by atoms with Crippen LogP contribution in [0.3, 0.4) is 0 Å². The topological polar surface area (TPSA) is 109 Å². The molecule has 2 aromatic carbocycles. The van der Waals surface area contributed by atoms with Gasteiger partial charge in [0.15, 0.2) is 23.0 Å². The lowest BCUT2D eigenvalue weighted by Gasteiger charge is -2.31. The summed E-state index contributed by atoms with van der Waals surface area (Å²) in [5, 5.41) is 14.2. The maximum Gasteiger partial charge on any atom is 0.286 e. The van der Waals surface area contributed by atoms with Gasteiger partial charge in [0.1, 0.15) is 5.56 Å². The Morgan fingerprint density at radius 1 is 1.13 bits per heavy atom. The van der Waals surface area contributed by atoms with Crippen molar-refractivity contribution in [2.75, 3.05) is 19.0 Å². The molecule has 2 aromatic rings. The molecule has 0 aromatic heterocycles. The third kappa shape index (κ3) is 4.08. The van der Waals surface area contributed by atoms with Gasteiger partial charge in [0.25, 0.3) is 17.4 Å². The van der Waals surface area contributed by atoms with Crippen LogP contribution in [0, 0.1) is 10.1 Å². The summed E-state index contributed by atoms with van der Waals surface area (Å²) in [4.78, 5) is 23.8. The molecule has 1 aliphatic carbocycles. The molecule has 0 radical (unpaired) electrons. The molecule has 1 saturated carbocycles. The minimum atomic E-state index is -0.637. The fourth-order valence-electron chi connectivity index (χ4n) is 3.97. The summed E-state index contributed by atoms with van der Waals surface area (Å²) in [6.45, 7) is 2.09. The fourth-order valence-corrected chi connectivity index (χ4v) is 3.97. The van der Waals surface area contributed by atoms with E-state index in [1.54, 1.807) is 25.1 Å². The zero-order chi connectivity index (χ0) is 22.0. The van der Waals surface area contributed by atoms with Crippen LogP contribution in [0.4, 0.5) is 11.4 Å². The van der Waals surface area contributed by atoms with Crippen LogP contribution in [0.1, 0.15) is 49.4 Å². The van der Waals surface area contributed by atoms with E-state index >= 15 is 0 Å². The molecular weight excluding hydrogens is 404 g/mol. The number of methoxy groups -OCH3 is 1. The van der Waals surface area contributed by atoms with Crippen LogP contribution in [-0.2, 0) is 0 Å².